The number of carbonyl (C=O) groups is 1. The quantitative estimate of drug-likeness (QED) is 0.737. The molecular weight excluding hydrogens is 330 g/mol. The summed E-state index contributed by atoms with van der Waals surface area (Å²) >= 11 is 0. The molecule has 3 atom stereocenters. The number of nitrogens with two attached hydrogens (primary N) is 1. The van der Waals surface area contributed by atoms with Crippen molar-refractivity contribution < 1.29 is 19.6 Å². The average molecular weight is 367 g/mol. The summed E-state index contributed by atoms with van der Waals surface area (Å²) in [4.78, 5) is 17.7. The van der Waals surface area contributed by atoms with Gasteiger partial charge in [0.15, 0.2) is 0 Å². The molecule has 0 bridgehead atoms. The molecule has 3 unspecified atom stereocenters. The number of rotatable bonds is 4. The van der Waals surface area contributed by atoms with E-state index < -0.39 is 0 Å². The van der Waals surface area contributed by atoms with Crippen LogP contribution in [0.3, 0.4) is 0 Å². The number of nitrogens with zero attached hydrogens (tertiary/aromatic N) is 2. The van der Waals surface area contributed by atoms with Crippen LogP contribution >= 0.6 is 0 Å². The number of carbonyl (C=O) groups excluding carboxylic acids is 1. The minimum Gasteiger partial charge on any atom is -0.468 e. The highest BCUT2D eigenvalue weighted by Crippen LogP contribution is 2.30. The van der Waals surface area contributed by atoms with E-state index in [-0.39, 0.29) is 12.0 Å². The van der Waals surface area contributed by atoms with Gasteiger partial charge in [-0.1, -0.05) is 19.3 Å². The van der Waals surface area contributed by atoms with Gasteiger partial charge in [0.25, 0.3) is 0 Å². The molecule has 4 rings (SSSR count). The molecule has 0 aromatic heterocycles. The highest BCUT2D eigenvalue weighted by Gasteiger charge is 2.49. The maximum absolute atomic E-state index is 12.5. The molecule has 0 aromatic rings. The van der Waals surface area contributed by atoms with E-state index in [1.807, 2.05) is 0 Å². The summed E-state index contributed by atoms with van der Waals surface area (Å²) in [7, 11) is 1.53. The van der Waals surface area contributed by atoms with Crippen LogP contribution in [0.25, 0.3) is 0 Å². The van der Waals surface area contributed by atoms with Crippen LogP contribution in [0.4, 0.5) is 0 Å². The second kappa shape index (κ2) is 8.55. The van der Waals surface area contributed by atoms with Gasteiger partial charge in [0.1, 0.15) is 18.8 Å². The first kappa shape index (κ1) is 18.7. The Labute approximate surface area is 157 Å². The van der Waals surface area contributed by atoms with Gasteiger partial charge < -0.3 is 14.8 Å². The Hall–Kier alpha value is -0.690. The number of hydrogen-bond donors (Lipinski definition) is 1. The molecule has 148 valence electrons. The molecule has 0 radical (unpaired) electrons. The zero-order valence-corrected chi connectivity index (χ0v) is 16.3. The second-order valence-corrected chi connectivity index (χ2v) is 8.74. The van der Waals surface area contributed by atoms with E-state index in [0.29, 0.717) is 18.1 Å². The van der Waals surface area contributed by atoms with Gasteiger partial charge >= 0.3 is 5.97 Å². The van der Waals surface area contributed by atoms with Crippen LogP contribution in [0, 0.1) is 5.92 Å². The van der Waals surface area contributed by atoms with Crippen LogP contribution in [-0.4, -0.2) is 80.0 Å². The van der Waals surface area contributed by atoms with Crippen molar-refractivity contribution in [1.82, 2.24) is 9.80 Å². The third-order valence-corrected chi connectivity index (χ3v) is 7.25. The lowest BCUT2D eigenvalue weighted by atomic mass is 9.87. The van der Waals surface area contributed by atoms with Crippen molar-refractivity contribution >= 4 is 5.97 Å². The Kier molecular flexibility index (Phi) is 6.14. The number of ether oxygens (including phenoxy) is 2. The van der Waals surface area contributed by atoms with E-state index in [1.165, 1.54) is 45.8 Å². The Morgan fingerprint density at radius 1 is 1.15 bits per heavy atom. The number of methoxy groups -OCH3 is 1. The minimum absolute atomic E-state index is 0.0472. The third-order valence-electron chi connectivity index (χ3n) is 7.25. The normalized spacial score (nSPS) is 35.3. The smallest absolute Gasteiger partial charge is 0.323 e. The van der Waals surface area contributed by atoms with Gasteiger partial charge in [0.2, 0.25) is 0 Å². The van der Waals surface area contributed by atoms with Crippen molar-refractivity contribution in [3.8, 4) is 0 Å². The highest BCUT2D eigenvalue weighted by atomic mass is 16.5. The predicted octanol–water partition coefficient (Wildman–Crippen LogP) is 0.567. The van der Waals surface area contributed by atoms with Crippen LogP contribution in [-0.2, 0) is 14.3 Å². The molecule has 3 saturated heterocycles. The zero-order valence-electron chi connectivity index (χ0n) is 16.3. The topological polar surface area (TPSA) is 58.6 Å². The van der Waals surface area contributed by atoms with Gasteiger partial charge in [-0.2, -0.15) is 0 Å². The van der Waals surface area contributed by atoms with Crippen LogP contribution in [0.2, 0.25) is 0 Å². The summed E-state index contributed by atoms with van der Waals surface area (Å²) in [5, 5.41) is 2.48. The van der Waals surface area contributed by atoms with Crippen molar-refractivity contribution in [1.29, 1.82) is 0 Å². The van der Waals surface area contributed by atoms with E-state index in [4.69, 9.17) is 9.47 Å². The molecule has 3 heterocycles. The van der Waals surface area contributed by atoms with Crippen LogP contribution in [0.15, 0.2) is 0 Å². The molecule has 2 N–H and O–H groups in total. The van der Waals surface area contributed by atoms with E-state index >= 15 is 0 Å². The monoisotopic (exact) mass is 366 g/mol. The number of fused-ring (bicyclic) bond motifs is 1. The van der Waals surface area contributed by atoms with Crippen LogP contribution in [0.1, 0.15) is 51.4 Å². The fourth-order valence-corrected chi connectivity index (χ4v) is 5.77. The molecular formula is C20H36N3O3+. The fraction of sp³-hybridized carbons (Fsp3) is 0.950. The number of piperidine rings is 1. The van der Waals surface area contributed by atoms with E-state index in [2.05, 4.69) is 15.1 Å². The van der Waals surface area contributed by atoms with E-state index in [1.54, 1.807) is 0 Å². The number of quaternary nitrogens is 1. The molecule has 0 amide bonds. The molecule has 6 heteroatoms. The van der Waals surface area contributed by atoms with E-state index in [0.717, 1.165) is 51.6 Å². The number of likely N-dealkylation sites (tertiary alicyclic amines) is 1. The summed E-state index contributed by atoms with van der Waals surface area (Å²) in [6.07, 6.45) is 10.1. The summed E-state index contributed by atoms with van der Waals surface area (Å²) in [6.45, 7) is 5.00. The number of esters is 1. The van der Waals surface area contributed by atoms with Crippen molar-refractivity contribution in [3.05, 3.63) is 0 Å². The number of hydrogen-bond acceptors (Lipinski definition) is 5. The Balaban J connectivity index is 1.45. The van der Waals surface area contributed by atoms with Gasteiger partial charge in [-0.15, -0.1) is 0 Å². The van der Waals surface area contributed by atoms with E-state index in [9.17, 15) is 4.79 Å². The van der Waals surface area contributed by atoms with Crippen LogP contribution in [0.5, 0.6) is 0 Å². The molecule has 3 aliphatic heterocycles. The Morgan fingerprint density at radius 3 is 2.65 bits per heavy atom. The van der Waals surface area contributed by atoms with Crippen LogP contribution < -0.4 is 5.32 Å². The Bertz CT molecular complexity index is 477. The molecule has 1 aliphatic carbocycles. The molecule has 0 spiro atoms. The van der Waals surface area contributed by atoms with Gasteiger partial charge in [-0.05, 0) is 31.6 Å². The molecule has 4 fully saturated rings. The lowest BCUT2D eigenvalue weighted by Crippen LogP contribution is -2.89. The summed E-state index contributed by atoms with van der Waals surface area (Å²) < 4.78 is 10.7. The second-order valence-electron chi connectivity index (χ2n) is 8.74. The third kappa shape index (κ3) is 3.93. The lowest BCUT2D eigenvalue weighted by molar-refractivity contribution is -0.678. The van der Waals surface area contributed by atoms with Gasteiger partial charge in [0.05, 0.1) is 13.2 Å². The summed E-state index contributed by atoms with van der Waals surface area (Å²) in [5.74, 6) is 0.833. The molecule has 0 aromatic carbocycles. The van der Waals surface area contributed by atoms with Gasteiger partial charge in [-0.25, -0.2) is 4.90 Å². The first-order valence-corrected chi connectivity index (χ1v) is 10.7. The average Bonchev–Trinajstić information content (AvgIpc) is 3.09. The zero-order chi connectivity index (χ0) is 17.9. The fourth-order valence-electron chi connectivity index (χ4n) is 5.77. The minimum atomic E-state index is -0.0739. The maximum Gasteiger partial charge on any atom is 0.323 e. The van der Waals surface area contributed by atoms with Crippen molar-refractivity contribution in [2.75, 3.05) is 40.1 Å². The van der Waals surface area contributed by atoms with Gasteiger partial charge in [0, 0.05) is 38.8 Å². The highest BCUT2D eigenvalue weighted by molar-refractivity contribution is 5.76. The maximum atomic E-state index is 12.5. The predicted molar refractivity (Wildman–Crippen MR) is 98.6 cm³/mol. The van der Waals surface area contributed by atoms with Gasteiger partial charge in [-0.3, -0.25) is 9.69 Å². The van der Waals surface area contributed by atoms with Crippen molar-refractivity contribution in [3.63, 3.8) is 0 Å². The molecule has 1 saturated carbocycles. The summed E-state index contributed by atoms with van der Waals surface area (Å²) in [5.41, 5.74) is 0. The lowest BCUT2D eigenvalue weighted by Gasteiger charge is -2.45. The largest absolute Gasteiger partial charge is 0.468 e. The summed E-state index contributed by atoms with van der Waals surface area (Å²) in [6, 6.07) is 1.51. The first-order valence-electron chi connectivity index (χ1n) is 10.7. The standard InChI is InChI=1S/C20H35N3O3/c1-25-20(24)18-11-17-19(13-23(18)16-7-9-26-10-8-16)22(14-21-17)12-15-5-3-2-4-6-15/h15-19,21H,2-14H2,1H3/p+1. The molecule has 6 nitrogen and oxygen atoms in total. The van der Waals surface area contributed by atoms with Crippen molar-refractivity contribution in [2.24, 2.45) is 5.92 Å². The van der Waals surface area contributed by atoms with Crippen molar-refractivity contribution in [2.45, 2.75) is 75.5 Å². The molecule has 4 aliphatic rings. The Morgan fingerprint density at radius 2 is 1.92 bits per heavy atom. The SMILES string of the molecule is COC(=O)C1CC2[NH2+]CN(CC3CCCCC3)C2CN1C1CCOCC1. The molecule has 26 heavy (non-hydrogen) atoms. The first-order chi connectivity index (χ1) is 12.8.